The molecule has 1 N–H and O–H groups in total. The molecular formula is C17H21NO2. The molecule has 0 saturated heterocycles. The molecule has 1 heterocycles. The first-order valence-corrected chi connectivity index (χ1v) is 6.68. The van der Waals surface area contributed by atoms with Gasteiger partial charge >= 0.3 is 0 Å². The van der Waals surface area contributed by atoms with Crippen molar-refractivity contribution in [1.82, 2.24) is 4.98 Å². The normalized spacial score (nSPS) is 11.5. The average molecular weight is 271 g/mol. The number of aromatic nitrogens is 1. The number of benzene rings is 1. The standard InChI is InChI=1S/C17H21NO2/c1-11-6-9-16(20-5)13(10-11)15-8-7-14(12(2)18-15)17(3,4)19/h6-10,19H,1-5H3. The molecule has 106 valence electrons. The highest BCUT2D eigenvalue weighted by Crippen LogP contribution is 2.31. The maximum absolute atomic E-state index is 10.1. The first-order chi connectivity index (χ1) is 9.32. The third kappa shape index (κ3) is 2.83. The Hall–Kier alpha value is -1.87. The van der Waals surface area contributed by atoms with Crippen LogP contribution in [0.3, 0.4) is 0 Å². The monoisotopic (exact) mass is 271 g/mol. The number of nitrogens with zero attached hydrogens (tertiary/aromatic N) is 1. The fourth-order valence-electron chi connectivity index (χ4n) is 2.38. The fourth-order valence-corrected chi connectivity index (χ4v) is 2.38. The highest BCUT2D eigenvalue weighted by Gasteiger charge is 2.20. The smallest absolute Gasteiger partial charge is 0.128 e. The van der Waals surface area contributed by atoms with Crippen LogP contribution in [0.5, 0.6) is 5.75 Å². The molecule has 0 aliphatic rings. The molecule has 2 rings (SSSR count). The number of aliphatic hydroxyl groups is 1. The quantitative estimate of drug-likeness (QED) is 0.927. The summed E-state index contributed by atoms with van der Waals surface area (Å²) in [5.41, 5.74) is 3.78. The third-order valence-electron chi connectivity index (χ3n) is 3.38. The summed E-state index contributed by atoms with van der Waals surface area (Å²) in [4.78, 5) is 4.62. The Kier molecular flexibility index (Phi) is 3.82. The van der Waals surface area contributed by atoms with E-state index < -0.39 is 5.60 Å². The van der Waals surface area contributed by atoms with Crippen LogP contribution in [0.25, 0.3) is 11.3 Å². The zero-order chi connectivity index (χ0) is 14.9. The van der Waals surface area contributed by atoms with Crippen LogP contribution in [0.1, 0.15) is 30.7 Å². The van der Waals surface area contributed by atoms with Crippen molar-refractivity contribution in [2.45, 2.75) is 33.3 Å². The lowest BCUT2D eigenvalue weighted by Crippen LogP contribution is -2.17. The zero-order valence-electron chi connectivity index (χ0n) is 12.7. The fraction of sp³-hybridized carbons (Fsp3) is 0.353. The minimum absolute atomic E-state index is 0.804. The maximum atomic E-state index is 10.1. The van der Waals surface area contributed by atoms with Crippen molar-refractivity contribution < 1.29 is 9.84 Å². The summed E-state index contributed by atoms with van der Waals surface area (Å²) < 4.78 is 5.40. The van der Waals surface area contributed by atoms with Crippen molar-refractivity contribution in [2.24, 2.45) is 0 Å². The van der Waals surface area contributed by atoms with Crippen molar-refractivity contribution in [3.63, 3.8) is 0 Å². The van der Waals surface area contributed by atoms with E-state index in [-0.39, 0.29) is 0 Å². The van der Waals surface area contributed by atoms with Gasteiger partial charge in [0, 0.05) is 16.8 Å². The van der Waals surface area contributed by atoms with Crippen molar-refractivity contribution in [2.75, 3.05) is 7.11 Å². The number of hydrogen-bond donors (Lipinski definition) is 1. The lowest BCUT2D eigenvalue weighted by Gasteiger charge is -2.20. The lowest BCUT2D eigenvalue weighted by atomic mass is 9.96. The van der Waals surface area contributed by atoms with Gasteiger partial charge in [0.25, 0.3) is 0 Å². The maximum Gasteiger partial charge on any atom is 0.128 e. The Bertz CT molecular complexity index is 627. The molecule has 0 atom stereocenters. The van der Waals surface area contributed by atoms with E-state index >= 15 is 0 Å². The molecule has 3 nitrogen and oxygen atoms in total. The van der Waals surface area contributed by atoms with Crippen molar-refractivity contribution in [3.8, 4) is 17.0 Å². The Morgan fingerprint density at radius 1 is 1.10 bits per heavy atom. The summed E-state index contributed by atoms with van der Waals surface area (Å²) in [5.74, 6) is 0.804. The number of aryl methyl sites for hydroxylation is 2. The van der Waals surface area contributed by atoms with Gasteiger partial charge in [0.1, 0.15) is 5.75 Å². The van der Waals surface area contributed by atoms with Gasteiger partial charge in [0.05, 0.1) is 18.4 Å². The predicted molar refractivity (Wildman–Crippen MR) is 80.9 cm³/mol. The molecule has 3 heteroatoms. The van der Waals surface area contributed by atoms with Gasteiger partial charge in [-0.2, -0.15) is 0 Å². The molecule has 0 aliphatic carbocycles. The van der Waals surface area contributed by atoms with Gasteiger partial charge in [0.2, 0.25) is 0 Å². The number of pyridine rings is 1. The second kappa shape index (κ2) is 5.25. The Morgan fingerprint density at radius 3 is 2.35 bits per heavy atom. The van der Waals surface area contributed by atoms with Gasteiger partial charge in [-0.05, 0) is 45.9 Å². The van der Waals surface area contributed by atoms with E-state index in [1.165, 1.54) is 0 Å². The topological polar surface area (TPSA) is 42.4 Å². The summed E-state index contributed by atoms with van der Waals surface area (Å²) in [7, 11) is 1.66. The van der Waals surface area contributed by atoms with E-state index in [1.54, 1.807) is 21.0 Å². The molecule has 0 aliphatic heterocycles. The average Bonchev–Trinajstić information content (AvgIpc) is 2.37. The molecule has 0 amide bonds. The molecule has 0 bridgehead atoms. The third-order valence-corrected chi connectivity index (χ3v) is 3.38. The van der Waals surface area contributed by atoms with E-state index in [1.807, 2.05) is 38.1 Å². The molecule has 2 aromatic rings. The van der Waals surface area contributed by atoms with Gasteiger partial charge in [-0.3, -0.25) is 4.98 Å². The molecule has 0 spiro atoms. The van der Waals surface area contributed by atoms with E-state index in [9.17, 15) is 5.11 Å². The van der Waals surface area contributed by atoms with Gasteiger partial charge in [-0.25, -0.2) is 0 Å². The summed E-state index contributed by atoms with van der Waals surface area (Å²) in [6, 6.07) is 9.88. The second-order valence-corrected chi connectivity index (χ2v) is 5.59. The largest absolute Gasteiger partial charge is 0.496 e. The van der Waals surface area contributed by atoms with Crippen LogP contribution < -0.4 is 4.74 Å². The van der Waals surface area contributed by atoms with Crippen LogP contribution in [0.2, 0.25) is 0 Å². The van der Waals surface area contributed by atoms with Crippen LogP contribution in [0, 0.1) is 13.8 Å². The van der Waals surface area contributed by atoms with Crippen LogP contribution in [0.4, 0.5) is 0 Å². The van der Waals surface area contributed by atoms with Crippen LogP contribution >= 0.6 is 0 Å². The van der Waals surface area contributed by atoms with Crippen molar-refractivity contribution in [1.29, 1.82) is 0 Å². The number of rotatable bonds is 3. The lowest BCUT2D eigenvalue weighted by molar-refractivity contribution is 0.0775. The van der Waals surface area contributed by atoms with Gasteiger partial charge in [-0.15, -0.1) is 0 Å². The van der Waals surface area contributed by atoms with Gasteiger partial charge < -0.3 is 9.84 Å². The summed E-state index contributed by atoms with van der Waals surface area (Å²) in [6.07, 6.45) is 0. The predicted octanol–water partition coefficient (Wildman–Crippen LogP) is 3.60. The molecule has 0 fully saturated rings. The van der Waals surface area contributed by atoms with Crippen LogP contribution in [0.15, 0.2) is 30.3 Å². The van der Waals surface area contributed by atoms with Crippen LogP contribution in [-0.4, -0.2) is 17.2 Å². The van der Waals surface area contributed by atoms with E-state index in [4.69, 9.17) is 4.74 Å². The Balaban J connectivity index is 2.55. The van der Waals surface area contributed by atoms with Crippen molar-refractivity contribution in [3.05, 3.63) is 47.2 Å². The highest BCUT2D eigenvalue weighted by molar-refractivity contribution is 5.68. The Labute approximate surface area is 120 Å². The summed E-state index contributed by atoms with van der Waals surface area (Å²) in [5, 5.41) is 10.1. The second-order valence-electron chi connectivity index (χ2n) is 5.59. The summed E-state index contributed by atoms with van der Waals surface area (Å²) in [6.45, 7) is 7.49. The number of methoxy groups -OCH3 is 1. The first-order valence-electron chi connectivity index (χ1n) is 6.68. The van der Waals surface area contributed by atoms with E-state index in [2.05, 4.69) is 11.1 Å². The molecular weight excluding hydrogens is 250 g/mol. The Morgan fingerprint density at radius 2 is 1.80 bits per heavy atom. The van der Waals surface area contributed by atoms with Crippen LogP contribution in [-0.2, 0) is 5.60 Å². The van der Waals surface area contributed by atoms with E-state index in [0.29, 0.717) is 0 Å². The molecule has 0 saturated carbocycles. The van der Waals surface area contributed by atoms with Crippen molar-refractivity contribution >= 4 is 0 Å². The summed E-state index contributed by atoms with van der Waals surface area (Å²) >= 11 is 0. The highest BCUT2D eigenvalue weighted by atomic mass is 16.5. The molecule has 20 heavy (non-hydrogen) atoms. The minimum Gasteiger partial charge on any atom is -0.496 e. The molecule has 1 aromatic carbocycles. The SMILES string of the molecule is COc1ccc(C)cc1-c1ccc(C(C)(C)O)c(C)n1. The zero-order valence-corrected chi connectivity index (χ0v) is 12.7. The number of hydrogen-bond acceptors (Lipinski definition) is 3. The molecule has 0 radical (unpaired) electrons. The van der Waals surface area contributed by atoms with Gasteiger partial charge in [0.15, 0.2) is 0 Å². The molecule has 0 unspecified atom stereocenters. The van der Waals surface area contributed by atoms with E-state index in [0.717, 1.165) is 33.8 Å². The molecule has 1 aromatic heterocycles. The number of ether oxygens (including phenoxy) is 1. The first kappa shape index (κ1) is 14.5. The van der Waals surface area contributed by atoms with Gasteiger partial charge in [-0.1, -0.05) is 17.7 Å². The minimum atomic E-state index is -0.883.